The number of hydrogen-bond donors (Lipinski definition) is 4. The first-order valence-electron chi connectivity index (χ1n) is 15.7. The number of ether oxygens (including phenoxy) is 2. The summed E-state index contributed by atoms with van der Waals surface area (Å²) in [5.41, 5.74) is 12.5. The zero-order valence-corrected chi connectivity index (χ0v) is 30.7. The first-order valence-corrected chi connectivity index (χ1v) is 21.6. The van der Waals surface area contributed by atoms with Gasteiger partial charge in [0.1, 0.15) is 54.2 Å². The summed E-state index contributed by atoms with van der Waals surface area (Å²) >= 11 is 0. The van der Waals surface area contributed by atoms with Gasteiger partial charge in [-0.2, -0.15) is 0 Å². The van der Waals surface area contributed by atoms with Crippen LogP contribution in [0.1, 0.15) is 33.2 Å². The molecule has 4 unspecified atom stereocenters. The summed E-state index contributed by atoms with van der Waals surface area (Å²) in [5.74, 6) is 0.0848. The third-order valence-corrected chi connectivity index (χ3v) is 15.9. The molecule has 4 aromatic heterocycles. The molecule has 0 spiro atoms. The summed E-state index contributed by atoms with van der Waals surface area (Å²) < 4.78 is 86.9. The quantitative estimate of drug-likeness (QED) is 0.171. The summed E-state index contributed by atoms with van der Waals surface area (Å²) in [6.45, 7) is 8.28. The number of rotatable bonds is 4. The first-order chi connectivity index (χ1) is 23.9. The van der Waals surface area contributed by atoms with Crippen LogP contribution in [0.25, 0.3) is 22.3 Å². The molecular weight excluding hydrogens is 737 g/mol. The van der Waals surface area contributed by atoms with E-state index in [1.807, 2.05) is 33.9 Å². The Bertz CT molecular complexity index is 2050. The van der Waals surface area contributed by atoms with Gasteiger partial charge in [0, 0.05) is 0 Å². The molecule has 0 aliphatic carbocycles. The van der Waals surface area contributed by atoms with Gasteiger partial charge < -0.3 is 35.2 Å². The van der Waals surface area contributed by atoms with Crippen LogP contribution in [0.4, 0.5) is 16.0 Å². The zero-order valence-electron chi connectivity index (χ0n) is 27.9. The minimum Gasteiger partial charge on any atom is -0.408 e. The number of nitrogens with zero attached hydrogens (tertiary/aromatic N) is 8. The fraction of sp³-hybridized carbons (Fsp3) is 0.615. The van der Waals surface area contributed by atoms with Gasteiger partial charge in [-0.25, -0.2) is 43.4 Å². The van der Waals surface area contributed by atoms with Gasteiger partial charge in [-0.1, -0.05) is 20.8 Å². The minimum absolute atomic E-state index is 0.0199. The van der Waals surface area contributed by atoms with Gasteiger partial charge in [0.25, 0.3) is 0 Å². The standard InChI is InChI=1S/C26H37FN10O11P2Si/c1-26(2,3)51(4,5)48-18-13-7-43-49(38,39)46-17-12(44-24(14(17)27)36-10-34-15-20(28)30-8-32-22(15)36)6-42-50(40,41)47-19(18)25(45-13)37-11-35-16-21(29)31-9-33-23(16)37/h8-14,17-19,24-25H,6-7H2,1-5H3,(H,38,39)(H,40,41)(H2,28,30,32)(H2,29,31,33)/t12-,13-,14+,17?,18?,19+,24-,25-/m1/s1. The molecule has 3 fully saturated rings. The Balaban J connectivity index is 1.25. The van der Waals surface area contributed by atoms with Crippen molar-refractivity contribution in [1.82, 2.24) is 39.0 Å². The number of nitrogen functional groups attached to an aromatic ring is 2. The molecule has 25 heteroatoms. The largest absolute Gasteiger partial charge is 0.472 e. The third-order valence-electron chi connectivity index (χ3n) is 9.43. The summed E-state index contributed by atoms with van der Waals surface area (Å²) in [5, 5.41) is -0.373. The van der Waals surface area contributed by atoms with E-state index in [0.29, 0.717) is 0 Å². The highest BCUT2D eigenvalue weighted by Crippen LogP contribution is 2.55. The fourth-order valence-electron chi connectivity index (χ4n) is 5.83. The lowest BCUT2D eigenvalue weighted by Gasteiger charge is -2.40. The first kappa shape index (κ1) is 36.3. The number of imidazole rings is 2. The molecule has 51 heavy (non-hydrogen) atoms. The molecule has 0 saturated carbocycles. The number of halogens is 1. The zero-order chi connectivity index (χ0) is 36.7. The predicted molar refractivity (Wildman–Crippen MR) is 176 cm³/mol. The Kier molecular flexibility index (Phi) is 9.12. The van der Waals surface area contributed by atoms with E-state index >= 15 is 4.39 Å². The van der Waals surface area contributed by atoms with E-state index < -0.39 is 86.3 Å². The van der Waals surface area contributed by atoms with Crippen molar-refractivity contribution >= 4 is 57.9 Å². The SMILES string of the molecule is CC(C)(C)[Si](C)(C)OC1[C@H]2COP(=O)(O)OC3[C@@H](COP(=O)(O)O[C@@H]1[C@H](n1cnc4c(N)ncnc41)O2)O[C@@H](n1cnc2c(N)ncnc21)[C@H]3F. The maximum atomic E-state index is 16.2. The average molecular weight is 775 g/mol. The van der Waals surface area contributed by atoms with E-state index in [2.05, 4.69) is 29.9 Å². The Morgan fingerprint density at radius 2 is 1.31 bits per heavy atom. The van der Waals surface area contributed by atoms with E-state index in [-0.39, 0.29) is 39.0 Å². The number of phosphoric acid groups is 2. The van der Waals surface area contributed by atoms with Crippen LogP contribution >= 0.6 is 15.6 Å². The molecule has 0 amide bonds. The number of phosphoric ester groups is 2. The molecule has 6 N–H and O–H groups in total. The van der Waals surface area contributed by atoms with Crippen LogP contribution < -0.4 is 11.5 Å². The number of nitrogens with two attached hydrogens (primary N) is 2. The molecule has 3 saturated heterocycles. The van der Waals surface area contributed by atoms with Gasteiger partial charge in [-0.15, -0.1) is 0 Å². The van der Waals surface area contributed by atoms with Crippen molar-refractivity contribution in [3.05, 3.63) is 25.3 Å². The minimum atomic E-state index is -5.12. The van der Waals surface area contributed by atoms with Crippen molar-refractivity contribution in [3.8, 4) is 0 Å². The van der Waals surface area contributed by atoms with Crippen LogP contribution in [0, 0.1) is 0 Å². The molecule has 3 aliphatic heterocycles. The number of aromatic nitrogens is 8. The van der Waals surface area contributed by atoms with Crippen molar-refractivity contribution in [2.45, 2.75) is 88.1 Å². The van der Waals surface area contributed by atoms with E-state index in [9.17, 15) is 18.9 Å². The number of fused-ring (bicyclic) bond motifs is 5. The van der Waals surface area contributed by atoms with E-state index in [1.165, 1.54) is 28.1 Å². The highest BCUT2D eigenvalue weighted by Gasteiger charge is 2.56. The van der Waals surface area contributed by atoms with Crippen molar-refractivity contribution < 1.29 is 55.3 Å². The third kappa shape index (κ3) is 6.70. The van der Waals surface area contributed by atoms with Gasteiger partial charge in [-0.05, 0) is 18.1 Å². The second-order valence-corrected chi connectivity index (χ2v) is 21.3. The van der Waals surface area contributed by atoms with E-state index in [0.717, 1.165) is 6.33 Å². The summed E-state index contributed by atoms with van der Waals surface area (Å²) in [7, 11) is -13.0. The normalized spacial score (nSPS) is 35.4. The van der Waals surface area contributed by atoms with E-state index in [4.69, 9.17) is 43.5 Å². The number of alkyl halides is 1. The van der Waals surface area contributed by atoms with Gasteiger partial charge in [-0.3, -0.25) is 27.2 Å². The molecule has 7 rings (SSSR count). The maximum Gasteiger partial charge on any atom is 0.472 e. The molecular formula is C26H37FN10O11P2Si. The van der Waals surface area contributed by atoms with Crippen molar-refractivity contribution in [3.63, 3.8) is 0 Å². The molecule has 0 aromatic carbocycles. The highest BCUT2D eigenvalue weighted by atomic mass is 31.2. The van der Waals surface area contributed by atoms with Gasteiger partial charge in [0.15, 0.2) is 49.9 Å². The summed E-state index contributed by atoms with van der Waals surface area (Å²) in [6, 6.07) is 0. The van der Waals surface area contributed by atoms with Crippen molar-refractivity contribution in [2.24, 2.45) is 0 Å². The number of hydrogen-bond acceptors (Lipinski definition) is 17. The van der Waals surface area contributed by atoms with Crippen LogP contribution in [-0.2, 0) is 41.1 Å². The van der Waals surface area contributed by atoms with Crippen molar-refractivity contribution in [1.29, 1.82) is 0 Å². The molecule has 3 aliphatic rings. The molecule has 0 radical (unpaired) electrons. The Hall–Kier alpha value is -3.05. The molecule has 21 nitrogen and oxygen atoms in total. The van der Waals surface area contributed by atoms with Gasteiger partial charge in [0.05, 0.1) is 25.9 Å². The van der Waals surface area contributed by atoms with Gasteiger partial charge in [0.2, 0.25) is 0 Å². The van der Waals surface area contributed by atoms with Crippen LogP contribution in [0.5, 0.6) is 0 Å². The Morgan fingerprint density at radius 1 is 0.824 bits per heavy atom. The summed E-state index contributed by atoms with van der Waals surface area (Å²) in [6.07, 6.45) is -7.37. The average Bonchev–Trinajstić information content (AvgIpc) is 3.80. The lowest BCUT2D eigenvalue weighted by atomic mass is 10.1. The lowest BCUT2D eigenvalue weighted by molar-refractivity contribution is -0.0670. The highest BCUT2D eigenvalue weighted by molar-refractivity contribution is 7.47. The van der Waals surface area contributed by atoms with E-state index in [1.54, 1.807) is 0 Å². The van der Waals surface area contributed by atoms with Gasteiger partial charge >= 0.3 is 15.6 Å². The molecule has 2 bridgehead atoms. The second kappa shape index (κ2) is 12.8. The second-order valence-electron chi connectivity index (χ2n) is 13.8. The molecule has 278 valence electrons. The lowest BCUT2D eigenvalue weighted by Crippen LogP contribution is -2.50. The smallest absolute Gasteiger partial charge is 0.408 e. The monoisotopic (exact) mass is 774 g/mol. The topological polar surface area (TPSA) is 278 Å². The maximum absolute atomic E-state index is 16.2. The van der Waals surface area contributed by atoms with Crippen LogP contribution in [0.15, 0.2) is 25.3 Å². The molecule has 10 atom stereocenters. The Morgan fingerprint density at radius 3 is 1.86 bits per heavy atom. The van der Waals surface area contributed by atoms with Crippen LogP contribution in [0.3, 0.4) is 0 Å². The van der Waals surface area contributed by atoms with Crippen LogP contribution in [-0.4, -0.2) is 107 Å². The molecule has 4 aromatic rings. The van der Waals surface area contributed by atoms with Crippen molar-refractivity contribution in [2.75, 3.05) is 24.7 Å². The van der Waals surface area contributed by atoms with Crippen LogP contribution in [0.2, 0.25) is 18.1 Å². The number of anilines is 2. The fourth-order valence-corrected chi connectivity index (χ4v) is 9.04. The molecule has 7 heterocycles. The summed E-state index contributed by atoms with van der Waals surface area (Å²) in [4.78, 5) is 46.6. The predicted octanol–water partition coefficient (Wildman–Crippen LogP) is 2.37. The Labute approximate surface area is 290 Å².